The highest BCUT2D eigenvalue weighted by Gasteiger charge is 2.14. The number of ether oxygens (including phenoxy) is 1. The lowest BCUT2D eigenvalue weighted by atomic mass is 10.1. The minimum Gasteiger partial charge on any atom is -0.454 e. The Hall–Kier alpha value is -2.29. The molecule has 0 N–H and O–H groups in total. The summed E-state index contributed by atoms with van der Waals surface area (Å²) in [4.78, 5) is 33.8. The second-order valence-corrected chi connectivity index (χ2v) is 5.56. The molecule has 2 aromatic rings. The van der Waals surface area contributed by atoms with Gasteiger partial charge in [-0.2, -0.15) is 0 Å². The molecule has 0 unspecified atom stereocenters. The van der Waals surface area contributed by atoms with E-state index in [1.807, 2.05) is 6.07 Å². The van der Waals surface area contributed by atoms with Crippen LogP contribution in [0, 0.1) is 13.7 Å². The molecule has 112 valence electrons. The van der Waals surface area contributed by atoms with Crippen molar-refractivity contribution in [1.82, 2.24) is 0 Å². The van der Waals surface area contributed by atoms with Gasteiger partial charge in [0.25, 0.3) is 5.69 Å². The predicted octanol–water partition coefficient (Wildman–Crippen LogP) is 3.24. The van der Waals surface area contributed by atoms with Gasteiger partial charge in [0.1, 0.15) is 0 Å². The first kappa shape index (κ1) is 16.1. The molecule has 0 saturated heterocycles. The molecule has 0 atom stereocenters. The summed E-state index contributed by atoms with van der Waals surface area (Å²) in [5.74, 6) is -1.11. The topological polar surface area (TPSA) is 86.5 Å². The van der Waals surface area contributed by atoms with Gasteiger partial charge < -0.3 is 4.74 Å². The highest BCUT2D eigenvalue weighted by molar-refractivity contribution is 14.1. The van der Waals surface area contributed by atoms with Crippen molar-refractivity contribution in [2.45, 2.75) is 0 Å². The average Bonchev–Trinajstić information content (AvgIpc) is 2.52. The van der Waals surface area contributed by atoms with Crippen molar-refractivity contribution in [3.8, 4) is 0 Å². The number of ketones is 1. The van der Waals surface area contributed by atoms with E-state index in [0.717, 1.165) is 9.64 Å². The van der Waals surface area contributed by atoms with E-state index in [2.05, 4.69) is 22.6 Å². The lowest BCUT2D eigenvalue weighted by Crippen LogP contribution is -2.14. The summed E-state index contributed by atoms with van der Waals surface area (Å²) < 4.78 is 5.81. The van der Waals surface area contributed by atoms with Crippen LogP contribution in [0.15, 0.2) is 48.5 Å². The van der Waals surface area contributed by atoms with E-state index < -0.39 is 23.3 Å². The average molecular weight is 411 g/mol. The van der Waals surface area contributed by atoms with Gasteiger partial charge >= 0.3 is 5.97 Å². The van der Waals surface area contributed by atoms with Crippen molar-refractivity contribution in [1.29, 1.82) is 0 Å². The van der Waals surface area contributed by atoms with E-state index in [-0.39, 0.29) is 11.3 Å². The van der Waals surface area contributed by atoms with E-state index in [1.165, 1.54) is 18.2 Å². The van der Waals surface area contributed by atoms with Gasteiger partial charge in [-0.1, -0.05) is 18.2 Å². The largest absolute Gasteiger partial charge is 0.454 e. The van der Waals surface area contributed by atoms with Crippen molar-refractivity contribution in [2.24, 2.45) is 0 Å². The number of carbonyl (C=O) groups excluding carboxylic acids is 2. The van der Waals surface area contributed by atoms with Crippen molar-refractivity contribution >= 4 is 40.0 Å². The quantitative estimate of drug-likeness (QED) is 0.248. The summed E-state index contributed by atoms with van der Waals surface area (Å²) in [6, 6.07) is 12.0. The molecule has 2 aromatic carbocycles. The second kappa shape index (κ2) is 7.12. The number of hydrogen-bond donors (Lipinski definition) is 0. The number of non-ortho nitro benzene ring substituents is 1. The van der Waals surface area contributed by atoms with Crippen LogP contribution < -0.4 is 0 Å². The maximum atomic E-state index is 11.9. The van der Waals surface area contributed by atoms with Crippen molar-refractivity contribution < 1.29 is 19.2 Å². The Morgan fingerprint density at radius 2 is 1.77 bits per heavy atom. The smallest absolute Gasteiger partial charge is 0.338 e. The van der Waals surface area contributed by atoms with Gasteiger partial charge in [0, 0.05) is 21.3 Å². The number of nitro groups is 1. The summed E-state index contributed by atoms with van der Waals surface area (Å²) >= 11 is 2.06. The van der Waals surface area contributed by atoms with Gasteiger partial charge in [0.15, 0.2) is 6.61 Å². The SMILES string of the molecule is O=C(COC(=O)c1cccc(I)c1)c1cccc([N+](=O)[O-])c1. The Morgan fingerprint density at radius 1 is 1.09 bits per heavy atom. The Labute approximate surface area is 139 Å². The molecule has 0 heterocycles. The maximum absolute atomic E-state index is 11.9. The third-order valence-electron chi connectivity index (χ3n) is 2.77. The molecule has 0 aliphatic rings. The van der Waals surface area contributed by atoms with Crippen LogP contribution in [0.4, 0.5) is 5.69 Å². The molecular formula is C15H10INO5. The fourth-order valence-electron chi connectivity index (χ4n) is 1.71. The number of nitrogens with zero attached hydrogens (tertiary/aromatic N) is 1. The van der Waals surface area contributed by atoms with Crippen LogP contribution in [0.25, 0.3) is 0 Å². The molecule has 0 radical (unpaired) electrons. The number of benzene rings is 2. The number of hydrogen-bond acceptors (Lipinski definition) is 5. The highest BCUT2D eigenvalue weighted by atomic mass is 127. The van der Waals surface area contributed by atoms with Crippen LogP contribution in [-0.4, -0.2) is 23.3 Å². The minimum absolute atomic E-state index is 0.129. The van der Waals surface area contributed by atoms with Crippen molar-refractivity contribution in [3.63, 3.8) is 0 Å². The van der Waals surface area contributed by atoms with Gasteiger partial charge in [-0.15, -0.1) is 0 Å². The summed E-state index contributed by atoms with van der Waals surface area (Å²) in [5.41, 5.74) is 0.290. The molecule has 0 bridgehead atoms. The number of Topliss-reactive ketones (excluding diaryl/α,β-unsaturated/α-hetero) is 1. The predicted molar refractivity (Wildman–Crippen MR) is 86.9 cm³/mol. The van der Waals surface area contributed by atoms with Crippen LogP contribution in [0.1, 0.15) is 20.7 Å². The van der Waals surface area contributed by atoms with Crippen molar-refractivity contribution in [3.05, 3.63) is 73.3 Å². The molecule has 0 amide bonds. The summed E-state index contributed by atoms with van der Waals surface area (Å²) in [6.07, 6.45) is 0. The first-order valence-electron chi connectivity index (χ1n) is 6.18. The molecule has 2 rings (SSSR count). The molecule has 0 fully saturated rings. The molecule has 0 aliphatic carbocycles. The van der Waals surface area contributed by atoms with E-state index in [4.69, 9.17) is 4.74 Å². The molecule has 0 aliphatic heterocycles. The lowest BCUT2D eigenvalue weighted by Gasteiger charge is -2.05. The molecule has 0 saturated carbocycles. The summed E-state index contributed by atoms with van der Waals surface area (Å²) in [5, 5.41) is 10.7. The van der Waals surface area contributed by atoms with E-state index in [9.17, 15) is 19.7 Å². The zero-order valence-corrected chi connectivity index (χ0v) is 13.3. The van der Waals surface area contributed by atoms with E-state index in [0.29, 0.717) is 5.56 Å². The van der Waals surface area contributed by atoms with Gasteiger partial charge in [0.2, 0.25) is 5.78 Å². The van der Waals surface area contributed by atoms with Crippen LogP contribution >= 0.6 is 22.6 Å². The first-order chi connectivity index (χ1) is 10.5. The number of esters is 1. The van der Waals surface area contributed by atoms with Gasteiger partial charge in [-0.3, -0.25) is 14.9 Å². The molecule has 22 heavy (non-hydrogen) atoms. The molecule has 0 spiro atoms. The summed E-state index contributed by atoms with van der Waals surface area (Å²) in [7, 11) is 0. The standard InChI is InChI=1S/C15H10INO5/c16-12-5-1-4-11(7-12)15(19)22-9-14(18)10-3-2-6-13(8-10)17(20)21/h1-8H,9H2. The van der Waals surface area contributed by atoms with Crippen LogP contribution in [0.5, 0.6) is 0 Å². The minimum atomic E-state index is -0.614. The fraction of sp³-hybridized carbons (Fsp3) is 0.0667. The van der Waals surface area contributed by atoms with Crippen LogP contribution in [0.2, 0.25) is 0 Å². The zero-order valence-electron chi connectivity index (χ0n) is 11.2. The Bertz CT molecular complexity index is 744. The molecule has 7 heteroatoms. The Kier molecular flexibility index (Phi) is 5.21. The third-order valence-corrected chi connectivity index (χ3v) is 3.44. The highest BCUT2D eigenvalue weighted by Crippen LogP contribution is 2.14. The lowest BCUT2D eigenvalue weighted by molar-refractivity contribution is -0.384. The first-order valence-corrected chi connectivity index (χ1v) is 7.25. The Balaban J connectivity index is 2.02. The van der Waals surface area contributed by atoms with Gasteiger partial charge in [-0.25, -0.2) is 4.79 Å². The molecular weight excluding hydrogens is 401 g/mol. The van der Waals surface area contributed by atoms with Crippen molar-refractivity contribution in [2.75, 3.05) is 6.61 Å². The number of halogens is 1. The fourth-order valence-corrected chi connectivity index (χ4v) is 2.25. The number of rotatable bonds is 5. The monoisotopic (exact) mass is 411 g/mol. The van der Waals surface area contributed by atoms with Crippen LogP contribution in [0.3, 0.4) is 0 Å². The third kappa shape index (κ3) is 4.10. The van der Waals surface area contributed by atoms with E-state index >= 15 is 0 Å². The molecule has 0 aromatic heterocycles. The second-order valence-electron chi connectivity index (χ2n) is 4.32. The number of nitro benzene ring substituents is 1. The normalized spacial score (nSPS) is 10.0. The molecule has 6 nitrogen and oxygen atoms in total. The van der Waals surface area contributed by atoms with Gasteiger partial charge in [-0.05, 0) is 40.8 Å². The Morgan fingerprint density at radius 3 is 2.45 bits per heavy atom. The summed E-state index contributed by atoms with van der Waals surface area (Å²) in [6.45, 7) is -0.467. The zero-order chi connectivity index (χ0) is 16.1. The maximum Gasteiger partial charge on any atom is 0.338 e. The van der Waals surface area contributed by atoms with Gasteiger partial charge in [0.05, 0.1) is 10.5 Å². The number of carbonyl (C=O) groups is 2. The van der Waals surface area contributed by atoms with Crippen LogP contribution in [-0.2, 0) is 4.74 Å². The van der Waals surface area contributed by atoms with E-state index in [1.54, 1.807) is 18.2 Å².